The Kier molecular flexibility index (Phi) is 3.33. The highest BCUT2D eigenvalue weighted by atomic mass is 79.9. The maximum atomic E-state index is 5.90. The Bertz CT molecular complexity index is 522. The van der Waals surface area contributed by atoms with E-state index in [2.05, 4.69) is 31.4 Å². The first-order valence-corrected chi connectivity index (χ1v) is 6.02. The van der Waals surface area contributed by atoms with Crippen molar-refractivity contribution >= 4 is 27.3 Å². The van der Waals surface area contributed by atoms with Gasteiger partial charge in [0.1, 0.15) is 6.33 Å². The number of benzene rings is 1. The van der Waals surface area contributed by atoms with E-state index in [9.17, 15) is 0 Å². The molecule has 0 aliphatic heterocycles. The van der Waals surface area contributed by atoms with Gasteiger partial charge in [-0.3, -0.25) is 0 Å². The normalized spacial score (nSPS) is 12.4. The Morgan fingerprint density at radius 3 is 2.88 bits per heavy atom. The Morgan fingerprint density at radius 1 is 1.47 bits per heavy atom. The number of aromatic nitrogens is 3. The molecule has 90 valence electrons. The minimum Gasteiger partial charge on any atom is -0.397 e. The van der Waals surface area contributed by atoms with Crippen LogP contribution in [-0.2, 0) is 7.05 Å². The van der Waals surface area contributed by atoms with Crippen LogP contribution in [-0.4, -0.2) is 14.8 Å². The van der Waals surface area contributed by atoms with Crippen LogP contribution >= 0.6 is 15.9 Å². The fourth-order valence-electron chi connectivity index (χ4n) is 1.64. The first-order valence-electron chi connectivity index (χ1n) is 5.23. The van der Waals surface area contributed by atoms with Crippen molar-refractivity contribution in [2.45, 2.75) is 13.0 Å². The third-order valence-electron chi connectivity index (χ3n) is 2.52. The van der Waals surface area contributed by atoms with Crippen LogP contribution in [0.5, 0.6) is 0 Å². The van der Waals surface area contributed by atoms with Crippen molar-refractivity contribution < 1.29 is 0 Å². The van der Waals surface area contributed by atoms with Gasteiger partial charge in [0.2, 0.25) is 0 Å². The predicted octanol–water partition coefficient (Wildman–Crippen LogP) is 2.33. The van der Waals surface area contributed by atoms with E-state index in [4.69, 9.17) is 5.73 Å². The number of nitrogen functional groups attached to an aromatic ring is 1. The minimum atomic E-state index is 0.0408. The Hall–Kier alpha value is -1.56. The van der Waals surface area contributed by atoms with Gasteiger partial charge in [-0.05, 0) is 25.1 Å². The minimum absolute atomic E-state index is 0.0408. The third kappa shape index (κ3) is 2.58. The molecule has 0 aliphatic carbocycles. The van der Waals surface area contributed by atoms with Gasteiger partial charge >= 0.3 is 0 Å². The summed E-state index contributed by atoms with van der Waals surface area (Å²) in [5.74, 6) is 0.865. The molecule has 2 rings (SSSR count). The molecule has 0 saturated heterocycles. The number of rotatable bonds is 3. The zero-order valence-electron chi connectivity index (χ0n) is 9.68. The predicted molar refractivity (Wildman–Crippen MR) is 71.6 cm³/mol. The summed E-state index contributed by atoms with van der Waals surface area (Å²) in [4.78, 5) is 0. The van der Waals surface area contributed by atoms with E-state index in [-0.39, 0.29) is 6.04 Å². The summed E-state index contributed by atoms with van der Waals surface area (Å²) >= 11 is 3.42. The lowest BCUT2D eigenvalue weighted by Gasteiger charge is -2.16. The molecule has 1 heterocycles. The van der Waals surface area contributed by atoms with Gasteiger partial charge in [-0.25, -0.2) is 0 Å². The number of nitrogens with zero attached hydrogens (tertiary/aromatic N) is 3. The number of hydrogen-bond acceptors (Lipinski definition) is 4. The van der Waals surface area contributed by atoms with Crippen LogP contribution in [0.2, 0.25) is 0 Å². The number of halogens is 1. The first-order chi connectivity index (χ1) is 8.08. The summed E-state index contributed by atoms with van der Waals surface area (Å²) < 4.78 is 2.87. The first kappa shape index (κ1) is 11.9. The lowest BCUT2D eigenvalue weighted by molar-refractivity contribution is 0.719. The van der Waals surface area contributed by atoms with Crippen molar-refractivity contribution in [1.29, 1.82) is 0 Å². The summed E-state index contributed by atoms with van der Waals surface area (Å²) in [6.45, 7) is 2.02. The summed E-state index contributed by atoms with van der Waals surface area (Å²) in [6.07, 6.45) is 1.68. The van der Waals surface area contributed by atoms with Crippen LogP contribution < -0.4 is 11.1 Å². The van der Waals surface area contributed by atoms with Crippen molar-refractivity contribution in [3.63, 3.8) is 0 Å². The molecule has 1 atom stereocenters. The molecule has 17 heavy (non-hydrogen) atoms. The van der Waals surface area contributed by atoms with Crippen molar-refractivity contribution in [3.05, 3.63) is 34.8 Å². The van der Waals surface area contributed by atoms with Gasteiger partial charge in [0.25, 0.3) is 0 Å². The van der Waals surface area contributed by atoms with Crippen molar-refractivity contribution in [1.82, 2.24) is 14.8 Å². The third-order valence-corrected chi connectivity index (χ3v) is 3.01. The molecule has 0 saturated carbocycles. The Balaban J connectivity index is 2.21. The van der Waals surface area contributed by atoms with E-state index in [1.165, 1.54) is 0 Å². The van der Waals surface area contributed by atoms with Crippen LogP contribution in [0.3, 0.4) is 0 Å². The van der Waals surface area contributed by atoms with Gasteiger partial charge in [0, 0.05) is 11.5 Å². The Labute approximate surface area is 108 Å². The number of anilines is 2. The topological polar surface area (TPSA) is 68.8 Å². The van der Waals surface area contributed by atoms with Gasteiger partial charge in [0.15, 0.2) is 5.82 Å². The van der Waals surface area contributed by atoms with E-state index in [1.54, 1.807) is 6.33 Å². The molecule has 1 aromatic heterocycles. The lowest BCUT2D eigenvalue weighted by atomic mass is 10.2. The summed E-state index contributed by atoms with van der Waals surface area (Å²) in [6, 6.07) is 5.75. The van der Waals surface area contributed by atoms with Crippen LogP contribution in [0.1, 0.15) is 18.8 Å². The van der Waals surface area contributed by atoms with Crippen LogP contribution in [0.25, 0.3) is 0 Å². The van der Waals surface area contributed by atoms with E-state index >= 15 is 0 Å². The molecule has 1 aromatic carbocycles. The SMILES string of the molecule is CC(Nc1cc(Br)ccc1N)c1nncn1C. The second-order valence-corrected chi connectivity index (χ2v) is 4.81. The van der Waals surface area contributed by atoms with E-state index in [1.807, 2.05) is 36.7 Å². The monoisotopic (exact) mass is 295 g/mol. The quantitative estimate of drug-likeness (QED) is 0.853. The Morgan fingerprint density at radius 2 is 2.24 bits per heavy atom. The molecule has 3 N–H and O–H groups in total. The van der Waals surface area contributed by atoms with Gasteiger partial charge < -0.3 is 15.6 Å². The van der Waals surface area contributed by atoms with Gasteiger partial charge in [-0.2, -0.15) is 0 Å². The molecule has 0 bridgehead atoms. The number of nitrogens with two attached hydrogens (primary N) is 1. The maximum absolute atomic E-state index is 5.90. The summed E-state index contributed by atoms with van der Waals surface area (Å²) in [7, 11) is 1.91. The number of hydrogen-bond donors (Lipinski definition) is 2. The second kappa shape index (κ2) is 4.75. The molecule has 5 nitrogen and oxygen atoms in total. The lowest BCUT2D eigenvalue weighted by Crippen LogP contribution is -2.13. The molecular formula is C11H14BrN5. The molecule has 0 amide bonds. The van der Waals surface area contributed by atoms with Crippen molar-refractivity contribution in [3.8, 4) is 0 Å². The van der Waals surface area contributed by atoms with E-state index < -0.39 is 0 Å². The van der Waals surface area contributed by atoms with Gasteiger partial charge in [0.05, 0.1) is 17.4 Å². The molecular weight excluding hydrogens is 282 g/mol. The number of aryl methyl sites for hydroxylation is 1. The zero-order valence-corrected chi connectivity index (χ0v) is 11.3. The van der Waals surface area contributed by atoms with Crippen LogP contribution in [0.15, 0.2) is 29.0 Å². The molecule has 0 aliphatic rings. The zero-order chi connectivity index (χ0) is 12.4. The van der Waals surface area contributed by atoms with Crippen molar-refractivity contribution in [2.24, 2.45) is 7.05 Å². The van der Waals surface area contributed by atoms with Gasteiger partial charge in [-0.15, -0.1) is 10.2 Å². The summed E-state index contributed by atoms with van der Waals surface area (Å²) in [5, 5.41) is 11.2. The molecule has 2 aromatic rings. The van der Waals surface area contributed by atoms with E-state index in [0.29, 0.717) is 5.69 Å². The van der Waals surface area contributed by atoms with Crippen LogP contribution in [0.4, 0.5) is 11.4 Å². The highest BCUT2D eigenvalue weighted by Gasteiger charge is 2.12. The summed E-state index contributed by atoms with van der Waals surface area (Å²) in [5.41, 5.74) is 7.50. The van der Waals surface area contributed by atoms with Crippen molar-refractivity contribution in [2.75, 3.05) is 11.1 Å². The highest BCUT2D eigenvalue weighted by Crippen LogP contribution is 2.26. The number of nitrogens with one attached hydrogen (secondary N) is 1. The fraction of sp³-hybridized carbons (Fsp3) is 0.273. The molecule has 0 radical (unpaired) electrons. The highest BCUT2D eigenvalue weighted by molar-refractivity contribution is 9.10. The maximum Gasteiger partial charge on any atom is 0.154 e. The van der Waals surface area contributed by atoms with Crippen LogP contribution in [0, 0.1) is 0 Å². The van der Waals surface area contributed by atoms with Gasteiger partial charge in [-0.1, -0.05) is 15.9 Å². The average Bonchev–Trinajstić information content (AvgIpc) is 2.70. The average molecular weight is 296 g/mol. The molecule has 6 heteroatoms. The van der Waals surface area contributed by atoms with E-state index in [0.717, 1.165) is 16.0 Å². The second-order valence-electron chi connectivity index (χ2n) is 3.90. The molecule has 0 fully saturated rings. The standard InChI is InChI=1S/C11H14BrN5/c1-7(11-16-14-6-17(11)2)15-10-5-8(12)3-4-9(10)13/h3-7,15H,13H2,1-2H3. The fourth-order valence-corrected chi connectivity index (χ4v) is 2.00. The molecule has 0 spiro atoms. The smallest absolute Gasteiger partial charge is 0.154 e. The molecule has 1 unspecified atom stereocenters. The largest absolute Gasteiger partial charge is 0.397 e.